The molecule has 2 heterocycles. The molecule has 6 heteroatoms. The molecular formula is C17H14FN3OS. The number of amides is 1. The Bertz CT molecular complexity index is 833. The van der Waals surface area contributed by atoms with Crippen LogP contribution in [0.3, 0.4) is 0 Å². The Hall–Kier alpha value is -2.60. The monoisotopic (exact) mass is 327 g/mol. The summed E-state index contributed by atoms with van der Waals surface area (Å²) in [6.45, 7) is 1.84. The van der Waals surface area contributed by atoms with E-state index >= 15 is 0 Å². The van der Waals surface area contributed by atoms with Crippen LogP contribution < -0.4 is 5.32 Å². The van der Waals surface area contributed by atoms with Gasteiger partial charge in [-0.1, -0.05) is 12.1 Å². The number of thiazole rings is 1. The smallest absolute Gasteiger partial charge is 0.230 e. The van der Waals surface area contributed by atoms with E-state index in [1.807, 2.05) is 30.5 Å². The molecular weight excluding hydrogens is 313 g/mol. The molecule has 0 spiro atoms. The van der Waals surface area contributed by atoms with Crippen molar-refractivity contribution in [3.63, 3.8) is 0 Å². The maximum atomic E-state index is 13.7. The lowest BCUT2D eigenvalue weighted by Crippen LogP contribution is -2.15. The van der Waals surface area contributed by atoms with E-state index in [9.17, 15) is 9.18 Å². The number of aromatic nitrogens is 2. The molecule has 0 radical (unpaired) electrons. The van der Waals surface area contributed by atoms with Crippen molar-refractivity contribution in [3.8, 4) is 10.7 Å². The number of halogens is 1. The Morgan fingerprint density at radius 3 is 2.96 bits per heavy atom. The van der Waals surface area contributed by atoms with Gasteiger partial charge in [0.25, 0.3) is 0 Å². The summed E-state index contributed by atoms with van der Waals surface area (Å²) in [5, 5.41) is 5.16. The van der Waals surface area contributed by atoms with E-state index in [1.165, 1.54) is 17.4 Å². The van der Waals surface area contributed by atoms with Crippen molar-refractivity contribution in [2.24, 2.45) is 0 Å². The van der Waals surface area contributed by atoms with Gasteiger partial charge in [0.15, 0.2) is 0 Å². The maximum Gasteiger partial charge on any atom is 0.230 e. The van der Waals surface area contributed by atoms with Crippen molar-refractivity contribution in [2.45, 2.75) is 13.3 Å². The van der Waals surface area contributed by atoms with Gasteiger partial charge in [0.1, 0.15) is 10.8 Å². The van der Waals surface area contributed by atoms with Crippen LogP contribution in [0.4, 0.5) is 10.1 Å². The van der Waals surface area contributed by atoms with Crippen molar-refractivity contribution >= 4 is 22.9 Å². The topological polar surface area (TPSA) is 54.9 Å². The zero-order valence-corrected chi connectivity index (χ0v) is 13.2. The average Bonchev–Trinajstić information content (AvgIpc) is 3.00. The molecule has 0 saturated heterocycles. The highest BCUT2D eigenvalue weighted by molar-refractivity contribution is 7.13. The largest absolute Gasteiger partial charge is 0.323 e. The quantitative estimate of drug-likeness (QED) is 0.792. The molecule has 0 atom stereocenters. The minimum Gasteiger partial charge on any atom is -0.323 e. The molecule has 1 N–H and O–H groups in total. The van der Waals surface area contributed by atoms with Crippen LogP contribution in [0, 0.1) is 12.7 Å². The van der Waals surface area contributed by atoms with E-state index < -0.39 is 5.82 Å². The fourth-order valence-electron chi connectivity index (χ4n) is 2.09. The van der Waals surface area contributed by atoms with E-state index in [4.69, 9.17) is 0 Å². The zero-order valence-electron chi connectivity index (χ0n) is 12.4. The highest BCUT2D eigenvalue weighted by Gasteiger charge is 2.11. The zero-order chi connectivity index (χ0) is 16.2. The molecule has 23 heavy (non-hydrogen) atoms. The number of benzene rings is 1. The lowest BCUT2D eigenvalue weighted by molar-refractivity contribution is -0.115. The van der Waals surface area contributed by atoms with Crippen LogP contribution in [-0.2, 0) is 11.2 Å². The summed E-state index contributed by atoms with van der Waals surface area (Å²) in [7, 11) is 0. The average molecular weight is 327 g/mol. The molecule has 0 fully saturated rings. The number of carbonyl (C=O) groups excluding carboxylic acids is 1. The van der Waals surface area contributed by atoms with Crippen LogP contribution >= 0.6 is 11.3 Å². The SMILES string of the molecule is Cc1ccc(F)c(NC(=O)Cc2csc(-c3ccccn3)n2)c1. The van der Waals surface area contributed by atoms with Gasteiger partial charge in [-0.3, -0.25) is 9.78 Å². The van der Waals surface area contributed by atoms with E-state index in [2.05, 4.69) is 15.3 Å². The number of rotatable bonds is 4. The summed E-state index contributed by atoms with van der Waals surface area (Å²) >= 11 is 1.43. The minimum atomic E-state index is -0.448. The number of carbonyl (C=O) groups is 1. The normalized spacial score (nSPS) is 10.5. The third kappa shape index (κ3) is 3.78. The first-order chi connectivity index (χ1) is 11.1. The van der Waals surface area contributed by atoms with Crippen LogP contribution in [0.25, 0.3) is 10.7 Å². The molecule has 116 valence electrons. The second-order valence-corrected chi connectivity index (χ2v) is 5.93. The molecule has 0 saturated carbocycles. The van der Waals surface area contributed by atoms with Crippen LogP contribution in [0.1, 0.15) is 11.3 Å². The van der Waals surface area contributed by atoms with E-state index in [-0.39, 0.29) is 18.0 Å². The summed E-state index contributed by atoms with van der Waals surface area (Å²) in [5.74, 6) is -0.747. The summed E-state index contributed by atoms with van der Waals surface area (Å²) in [5.41, 5.74) is 2.48. The van der Waals surface area contributed by atoms with Crippen molar-refractivity contribution in [1.82, 2.24) is 9.97 Å². The number of nitrogens with one attached hydrogen (secondary N) is 1. The van der Waals surface area contributed by atoms with Crippen LogP contribution in [0.15, 0.2) is 48.0 Å². The Balaban J connectivity index is 1.69. The van der Waals surface area contributed by atoms with Crippen molar-refractivity contribution in [2.75, 3.05) is 5.32 Å². The van der Waals surface area contributed by atoms with Crippen molar-refractivity contribution < 1.29 is 9.18 Å². The van der Waals surface area contributed by atoms with E-state index in [0.29, 0.717) is 5.69 Å². The lowest BCUT2D eigenvalue weighted by Gasteiger charge is -2.06. The van der Waals surface area contributed by atoms with Gasteiger partial charge in [-0.25, -0.2) is 9.37 Å². The van der Waals surface area contributed by atoms with Gasteiger partial charge in [0.2, 0.25) is 5.91 Å². The molecule has 2 aromatic heterocycles. The molecule has 1 amide bonds. The van der Waals surface area contributed by atoms with Crippen molar-refractivity contribution in [1.29, 1.82) is 0 Å². The van der Waals surface area contributed by atoms with E-state index in [1.54, 1.807) is 18.3 Å². The Morgan fingerprint density at radius 2 is 2.17 bits per heavy atom. The molecule has 4 nitrogen and oxygen atoms in total. The second-order valence-electron chi connectivity index (χ2n) is 5.07. The summed E-state index contributed by atoms with van der Waals surface area (Å²) in [4.78, 5) is 20.7. The van der Waals surface area contributed by atoms with Crippen molar-refractivity contribution in [3.05, 3.63) is 65.0 Å². The molecule has 3 rings (SSSR count). The number of hydrogen-bond acceptors (Lipinski definition) is 4. The van der Waals surface area contributed by atoms with Gasteiger partial charge in [-0.05, 0) is 36.8 Å². The molecule has 3 aromatic rings. The van der Waals surface area contributed by atoms with Crippen LogP contribution in [0.2, 0.25) is 0 Å². The summed E-state index contributed by atoms with van der Waals surface area (Å²) < 4.78 is 13.7. The third-order valence-electron chi connectivity index (χ3n) is 3.17. The Labute approximate surface area is 137 Å². The van der Waals surface area contributed by atoms with Gasteiger partial charge >= 0.3 is 0 Å². The second kappa shape index (κ2) is 6.66. The van der Waals surface area contributed by atoms with Gasteiger partial charge in [0, 0.05) is 11.6 Å². The highest BCUT2D eigenvalue weighted by Crippen LogP contribution is 2.22. The first-order valence-corrected chi connectivity index (χ1v) is 7.91. The first-order valence-electron chi connectivity index (χ1n) is 7.03. The van der Waals surface area contributed by atoms with Gasteiger partial charge < -0.3 is 5.32 Å². The fraction of sp³-hybridized carbons (Fsp3) is 0.118. The van der Waals surface area contributed by atoms with E-state index in [0.717, 1.165) is 16.3 Å². The summed E-state index contributed by atoms with van der Waals surface area (Å²) in [6.07, 6.45) is 1.79. The summed E-state index contributed by atoms with van der Waals surface area (Å²) in [6, 6.07) is 10.2. The maximum absolute atomic E-state index is 13.7. The molecule has 0 aliphatic heterocycles. The number of nitrogens with zero attached hydrogens (tertiary/aromatic N) is 2. The third-order valence-corrected chi connectivity index (χ3v) is 4.09. The first kappa shape index (κ1) is 15.3. The number of hydrogen-bond donors (Lipinski definition) is 1. The number of pyridine rings is 1. The highest BCUT2D eigenvalue weighted by atomic mass is 32.1. The van der Waals surface area contributed by atoms with Gasteiger partial charge in [-0.2, -0.15) is 0 Å². The van der Waals surface area contributed by atoms with Crippen LogP contribution in [0.5, 0.6) is 0 Å². The standard InChI is InChI=1S/C17H14FN3OS/c1-11-5-6-13(18)15(8-11)21-16(22)9-12-10-23-17(20-12)14-4-2-3-7-19-14/h2-8,10H,9H2,1H3,(H,21,22). The molecule has 0 unspecified atom stereocenters. The fourth-order valence-corrected chi connectivity index (χ4v) is 2.88. The number of aryl methyl sites for hydroxylation is 1. The Morgan fingerprint density at radius 1 is 1.30 bits per heavy atom. The molecule has 1 aromatic carbocycles. The number of anilines is 1. The molecule has 0 bridgehead atoms. The Kier molecular flexibility index (Phi) is 4.43. The van der Waals surface area contributed by atoms with Gasteiger partial charge in [-0.15, -0.1) is 11.3 Å². The molecule has 0 aliphatic carbocycles. The lowest BCUT2D eigenvalue weighted by atomic mass is 10.2. The molecule has 0 aliphatic rings. The minimum absolute atomic E-state index is 0.0940. The van der Waals surface area contributed by atoms with Crippen LogP contribution in [-0.4, -0.2) is 15.9 Å². The predicted octanol–water partition coefficient (Wildman–Crippen LogP) is 3.83. The predicted molar refractivity (Wildman–Crippen MR) is 88.8 cm³/mol. The van der Waals surface area contributed by atoms with Gasteiger partial charge in [0.05, 0.1) is 23.5 Å².